The molecule has 0 radical (unpaired) electrons. The summed E-state index contributed by atoms with van der Waals surface area (Å²) in [5, 5.41) is 2.29. The highest BCUT2D eigenvalue weighted by atomic mass is 16.2. The van der Waals surface area contributed by atoms with Crippen LogP contribution >= 0.6 is 0 Å². The van der Waals surface area contributed by atoms with Gasteiger partial charge in [0.05, 0.1) is 6.20 Å². The standard InChI is InChI=1S/C14H14N4O3/c19-7-1-2-10-3-5-17-11(8-10)15-9-13(17)18-6-4-12(20)16-14(18)21/h3,5,7-9H,1-2,4,6H2,(H,16,20,21). The van der Waals surface area contributed by atoms with Gasteiger partial charge in [-0.15, -0.1) is 0 Å². The van der Waals surface area contributed by atoms with Crippen molar-refractivity contribution in [2.75, 3.05) is 11.4 Å². The van der Waals surface area contributed by atoms with E-state index in [0.29, 0.717) is 30.9 Å². The highest BCUT2D eigenvalue weighted by molar-refractivity contribution is 6.05. The topological polar surface area (TPSA) is 83.8 Å². The Morgan fingerprint density at radius 2 is 2.24 bits per heavy atom. The summed E-state index contributed by atoms with van der Waals surface area (Å²) in [6.07, 6.45) is 5.73. The van der Waals surface area contributed by atoms with E-state index in [9.17, 15) is 14.4 Å². The van der Waals surface area contributed by atoms with Crippen LogP contribution in [0.1, 0.15) is 18.4 Å². The Morgan fingerprint density at radius 1 is 1.38 bits per heavy atom. The number of aromatic nitrogens is 2. The molecule has 7 heteroatoms. The lowest BCUT2D eigenvalue weighted by molar-refractivity contribution is -0.120. The molecule has 1 aliphatic heterocycles. The molecule has 2 aromatic heterocycles. The number of aryl methyl sites for hydroxylation is 1. The van der Waals surface area contributed by atoms with Crippen LogP contribution in [0.5, 0.6) is 0 Å². The number of anilines is 1. The highest BCUT2D eigenvalue weighted by Gasteiger charge is 2.26. The molecule has 1 saturated heterocycles. The number of hydrogen-bond acceptors (Lipinski definition) is 4. The Bertz CT molecular complexity index is 722. The third-order valence-corrected chi connectivity index (χ3v) is 3.44. The largest absolute Gasteiger partial charge is 0.329 e. The Morgan fingerprint density at radius 3 is 3.00 bits per heavy atom. The number of nitrogens with zero attached hydrogens (tertiary/aromatic N) is 3. The second-order valence-electron chi connectivity index (χ2n) is 4.84. The Balaban J connectivity index is 1.91. The quantitative estimate of drug-likeness (QED) is 0.847. The number of hydrogen-bond donors (Lipinski definition) is 1. The van der Waals surface area contributed by atoms with E-state index < -0.39 is 6.03 Å². The van der Waals surface area contributed by atoms with E-state index in [1.807, 2.05) is 18.3 Å². The minimum absolute atomic E-state index is 0.263. The summed E-state index contributed by atoms with van der Waals surface area (Å²) in [5.41, 5.74) is 1.73. The molecular formula is C14H14N4O3. The van der Waals surface area contributed by atoms with Gasteiger partial charge in [0, 0.05) is 25.6 Å². The van der Waals surface area contributed by atoms with Gasteiger partial charge in [-0.25, -0.2) is 9.78 Å². The predicted octanol–water partition coefficient (Wildman–Crippen LogP) is 0.912. The summed E-state index contributed by atoms with van der Waals surface area (Å²) in [7, 11) is 0. The fraction of sp³-hybridized carbons (Fsp3) is 0.286. The molecule has 1 fully saturated rings. The van der Waals surface area contributed by atoms with Crippen molar-refractivity contribution in [3.05, 3.63) is 30.1 Å². The van der Waals surface area contributed by atoms with Crippen molar-refractivity contribution in [1.29, 1.82) is 0 Å². The molecule has 0 atom stereocenters. The van der Waals surface area contributed by atoms with Crippen LogP contribution in [0.3, 0.4) is 0 Å². The number of imidazole rings is 1. The van der Waals surface area contributed by atoms with Crippen LogP contribution in [0.15, 0.2) is 24.5 Å². The van der Waals surface area contributed by atoms with Gasteiger partial charge in [0.25, 0.3) is 0 Å². The van der Waals surface area contributed by atoms with E-state index in [1.54, 1.807) is 10.6 Å². The molecule has 0 saturated carbocycles. The number of urea groups is 1. The first-order chi connectivity index (χ1) is 10.2. The van der Waals surface area contributed by atoms with Gasteiger partial charge in [-0.05, 0) is 24.1 Å². The van der Waals surface area contributed by atoms with Gasteiger partial charge < -0.3 is 4.79 Å². The van der Waals surface area contributed by atoms with E-state index in [1.165, 1.54) is 4.90 Å². The molecule has 0 aliphatic carbocycles. The fourth-order valence-electron chi connectivity index (χ4n) is 2.37. The summed E-state index contributed by atoms with van der Waals surface area (Å²) in [6, 6.07) is 3.35. The van der Waals surface area contributed by atoms with E-state index >= 15 is 0 Å². The zero-order valence-electron chi connectivity index (χ0n) is 11.3. The van der Waals surface area contributed by atoms with Gasteiger partial charge in [0.2, 0.25) is 5.91 Å². The third-order valence-electron chi connectivity index (χ3n) is 3.44. The molecule has 1 N–H and O–H groups in total. The van der Waals surface area contributed by atoms with Gasteiger partial charge in [-0.2, -0.15) is 0 Å². The van der Waals surface area contributed by atoms with Crippen LogP contribution in [0.2, 0.25) is 0 Å². The predicted molar refractivity (Wildman–Crippen MR) is 75.1 cm³/mol. The number of carbonyl (C=O) groups excluding carboxylic acids is 3. The SMILES string of the molecule is O=CCCc1ccn2c(N3CCC(=O)NC3=O)cnc2c1. The van der Waals surface area contributed by atoms with Crippen molar-refractivity contribution < 1.29 is 14.4 Å². The Hall–Kier alpha value is -2.70. The van der Waals surface area contributed by atoms with Crippen molar-refractivity contribution in [2.45, 2.75) is 19.3 Å². The number of nitrogens with one attached hydrogen (secondary N) is 1. The fourth-order valence-corrected chi connectivity index (χ4v) is 2.37. The lowest BCUT2D eigenvalue weighted by Crippen LogP contribution is -2.50. The van der Waals surface area contributed by atoms with Gasteiger partial charge in [-0.3, -0.25) is 19.4 Å². The average molecular weight is 286 g/mol. The Kier molecular flexibility index (Phi) is 3.39. The summed E-state index contributed by atoms with van der Waals surface area (Å²) >= 11 is 0. The zero-order chi connectivity index (χ0) is 14.8. The monoisotopic (exact) mass is 286 g/mol. The first-order valence-electron chi connectivity index (χ1n) is 6.70. The first-order valence-corrected chi connectivity index (χ1v) is 6.70. The average Bonchev–Trinajstić information content (AvgIpc) is 2.88. The number of pyridine rings is 1. The van der Waals surface area contributed by atoms with Gasteiger partial charge in [-0.1, -0.05) is 0 Å². The van der Waals surface area contributed by atoms with Crippen molar-refractivity contribution >= 4 is 29.7 Å². The molecule has 3 heterocycles. The van der Waals surface area contributed by atoms with Crippen molar-refractivity contribution in [3.63, 3.8) is 0 Å². The molecule has 108 valence electrons. The molecule has 0 aromatic carbocycles. The minimum atomic E-state index is -0.432. The minimum Gasteiger partial charge on any atom is -0.303 e. The number of fused-ring (bicyclic) bond motifs is 1. The smallest absolute Gasteiger partial charge is 0.303 e. The maximum atomic E-state index is 11.9. The van der Waals surface area contributed by atoms with Crippen LogP contribution in [0.4, 0.5) is 10.6 Å². The molecule has 7 nitrogen and oxygen atoms in total. The van der Waals surface area contributed by atoms with Crippen molar-refractivity contribution in [1.82, 2.24) is 14.7 Å². The van der Waals surface area contributed by atoms with E-state index in [2.05, 4.69) is 10.3 Å². The lowest BCUT2D eigenvalue weighted by Gasteiger charge is -2.25. The van der Waals surface area contributed by atoms with E-state index in [4.69, 9.17) is 0 Å². The number of carbonyl (C=O) groups is 3. The highest BCUT2D eigenvalue weighted by Crippen LogP contribution is 2.20. The zero-order valence-corrected chi connectivity index (χ0v) is 11.3. The van der Waals surface area contributed by atoms with Crippen LogP contribution in [0.25, 0.3) is 5.65 Å². The molecule has 0 unspecified atom stereocenters. The maximum absolute atomic E-state index is 11.9. The van der Waals surface area contributed by atoms with Crippen molar-refractivity contribution in [3.8, 4) is 0 Å². The van der Waals surface area contributed by atoms with E-state index in [-0.39, 0.29) is 12.3 Å². The summed E-state index contributed by atoms with van der Waals surface area (Å²) < 4.78 is 1.79. The molecule has 2 aromatic rings. The van der Waals surface area contributed by atoms with Gasteiger partial charge >= 0.3 is 6.03 Å². The van der Waals surface area contributed by atoms with E-state index in [0.717, 1.165) is 11.8 Å². The number of amides is 3. The van der Waals surface area contributed by atoms with Crippen LogP contribution in [-0.4, -0.2) is 34.2 Å². The van der Waals surface area contributed by atoms with Gasteiger partial charge in [0.1, 0.15) is 17.8 Å². The number of rotatable bonds is 4. The molecule has 21 heavy (non-hydrogen) atoms. The number of imide groups is 1. The van der Waals surface area contributed by atoms with Crippen LogP contribution in [0, 0.1) is 0 Å². The molecule has 3 rings (SSSR count). The molecule has 0 spiro atoms. The molecule has 0 bridgehead atoms. The summed E-state index contributed by atoms with van der Waals surface area (Å²) in [5.74, 6) is 0.359. The number of aldehydes is 1. The van der Waals surface area contributed by atoms with Crippen molar-refractivity contribution in [2.24, 2.45) is 0 Å². The Labute approximate surface area is 120 Å². The van der Waals surface area contributed by atoms with Gasteiger partial charge in [0.15, 0.2) is 0 Å². The maximum Gasteiger partial charge on any atom is 0.329 e. The summed E-state index contributed by atoms with van der Waals surface area (Å²) in [6.45, 7) is 0.339. The molecule has 3 amide bonds. The summed E-state index contributed by atoms with van der Waals surface area (Å²) in [4.78, 5) is 39.2. The molecular weight excluding hydrogens is 272 g/mol. The first kappa shape index (κ1) is 13.3. The third kappa shape index (κ3) is 2.49. The van der Waals surface area contributed by atoms with Crippen LogP contribution in [-0.2, 0) is 16.0 Å². The van der Waals surface area contributed by atoms with Crippen LogP contribution < -0.4 is 10.2 Å². The second kappa shape index (κ2) is 5.35. The lowest BCUT2D eigenvalue weighted by atomic mass is 10.1. The normalized spacial score (nSPS) is 15.3. The molecule has 1 aliphatic rings. The second-order valence-corrected chi connectivity index (χ2v) is 4.84.